The van der Waals surface area contributed by atoms with Crippen LogP contribution in [0.4, 0.5) is 10.1 Å². The number of hydrogen-bond donors (Lipinski definition) is 1. The fourth-order valence-corrected chi connectivity index (χ4v) is 2.00. The van der Waals surface area contributed by atoms with Gasteiger partial charge in [-0.15, -0.1) is 12.4 Å². The number of nitrogens with two attached hydrogens (primary N) is 1. The number of nitrogens with zero attached hydrogens (tertiary/aromatic N) is 1. The molecule has 16 heavy (non-hydrogen) atoms. The molecule has 1 aliphatic heterocycles. The Morgan fingerprint density at radius 3 is 2.25 bits per heavy atom. The van der Waals surface area contributed by atoms with Crippen LogP contribution in [0.3, 0.4) is 0 Å². The molecule has 0 saturated carbocycles. The van der Waals surface area contributed by atoms with Crippen LogP contribution in [0.25, 0.3) is 0 Å². The van der Waals surface area contributed by atoms with E-state index < -0.39 is 12.7 Å². The van der Waals surface area contributed by atoms with Crippen molar-refractivity contribution in [3.63, 3.8) is 0 Å². The maximum Gasteiger partial charge on any atom is 0.109 e. The number of halogens is 2. The van der Waals surface area contributed by atoms with Crippen molar-refractivity contribution < 1.29 is 4.39 Å². The predicted octanol–water partition coefficient (Wildman–Crippen LogP) is 2.68. The second-order valence-electron chi connectivity index (χ2n) is 4.05. The molecule has 2 rings (SSSR count). The molecule has 90 valence electrons. The standard InChI is InChI=1S/C12H17FN2.ClH/c13-9-12(14)10-3-5-11(6-4-10)15-7-1-2-8-15;/h3-6,12H,1-2,7-9,14H2;1H/t12-;/m1./s1. The Morgan fingerprint density at radius 2 is 1.75 bits per heavy atom. The lowest BCUT2D eigenvalue weighted by Crippen LogP contribution is -2.18. The molecule has 0 amide bonds. The lowest BCUT2D eigenvalue weighted by molar-refractivity contribution is 0.437. The molecule has 2 N–H and O–H groups in total. The van der Waals surface area contributed by atoms with Gasteiger partial charge in [0.15, 0.2) is 0 Å². The summed E-state index contributed by atoms with van der Waals surface area (Å²) in [5.74, 6) is 0. The van der Waals surface area contributed by atoms with Gasteiger partial charge in [0, 0.05) is 18.8 Å². The van der Waals surface area contributed by atoms with Crippen molar-refractivity contribution in [1.82, 2.24) is 0 Å². The van der Waals surface area contributed by atoms with Crippen LogP contribution in [0.5, 0.6) is 0 Å². The quantitative estimate of drug-likeness (QED) is 0.886. The highest BCUT2D eigenvalue weighted by atomic mass is 35.5. The summed E-state index contributed by atoms with van der Waals surface area (Å²) in [6.45, 7) is 1.77. The zero-order valence-electron chi connectivity index (χ0n) is 9.23. The fraction of sp³-hybridized carbons (Fsp3) is 0.500. The molecule has 1 fully saturated rings. The number of rotatable bonds is 3. The molecule has 0 unspecified atom stereocenters. The first-order valence-electron chi connectivity index (χ1n) is 5.47. The summed E-state index contributed by atoms with van der Waals surface area (Å²) in [4.78, 5) is 2.35. The van der Waals surface area contributed by atoms with E-state index in [0.717, 1.165) is 18.7 Å². The smallest absolute Gasteiger partial charge is 0.109 e. The van der Waals surface area contributed by atoms with Gasteiger partial charge in [-0.05, 0) is 30.5 Å². The number of anilines is 1. The van der Waals surface area contributed by atoms with Gasteiger partial charge in [-0.25, -0.2) is 4.39 Å². The zero-order chi connectivity index (χ0) is 10.7. The number of hydrogen-bond acceptors (Lipinski definition) is 2. The highest BCUT2D eigenvalue weighted by Gasteiger charge is 2.12. The van der Waals surface area contributed by atoms with Crippen molar-refractivity contribution >= 4 is 18.1 Å². The summed E-state index contributed by atoms with van der Waals surface area (Å²) in [5, 5.41) is 0. The molecule has 0 radical (unpaired) electrons. The lowest BCUT2D eigenvalue weighted by atomic mass is 10.1. The van der Waals surface area contributed by atoms with E-state index >= 15 is 0 Å². The Labute approximate surface area is 102 Å². The Balaban J connectivity index is 0.00000128. The largest absolute Gasteiger partial charge is 0.372 e. The zero-order valence-corrected chi connectivity index (χ0v) is 10.0. The first-order valence-corrected chi connectivity index (χ1v) is 5.47. The third kappa shape index (κ3) is 2.86. The van der Waals surface area contributed by atoms with Crippen molar-refractivity contribution in [2.24, 2.45) is 5.73 Å². The summed E-state index contributed by atoms with van der Waals surface area (Å²) in [6, 6.07) is 7.46. The van der Waals surface area contributed by atoms with Crippen LogP contribution in [-0.4, -0.2) is 19.8 Å². The van der Waals surface area contributed by atoms with Gasteiger partial charge >= 0.3 is 0 Å². The van der Waals surface area contributed by atoms with Gasteiger partial charge in [0.1, 0.15) is 6.67 Å². The van der Waals surface area contributed by atoms with E-state index in [0.29, 0.717) is 0 Å². The number of benzene rings is 1. The van der Waals surface area contributed by atoms with Crippen LogP contribution in [0, 0.1) is 0 Å². The second kappa shape index (κ2) is 6.06. The average molecular weight is 245 g/mol. The van der Waals surface area contributed by atoms with Crippen LogP contribution >= 0.6 is 12.4 Å². The minimum atomic E-state index is -0.497. The SMILES string of the molecule is Cl.N[C@H](CF)c1ccc(N2CCCC2)cc1. The van der Waals surface area contributed by atoms with Gasteiger partial charge in [0.25, 0.3) is 0 Å². The van der Waals surface area contributed by atoms with Gasteiger partial charge < -0.3 is 10.6 Å². The van der Waals surface area contributed by atoms with Gasteiger partial charge in [-0.3, -0.25) is 0 Å². The van der Waals surface area contributed by atoms with Crippen molar-refractivity contribution in [2.75, 3.05) is 24.7 Å². The molecule has 1 aromatic rings. The van der Waals surface area contributed by atoms with E-state index in [9.17, 15) is 4.39 Å². The Morgan fingerprint density at radius 1 is 1.19 bits per heavy atom. The second-order valence-corrected chi connectivity index (χ2v) is 4.05. The third-order valence-electron chi connectivity index (χ3n) is 2.96. The molecule has 2 nitrogen and oxygen atoms in total. The normalized spacial score (nSPS) is 17.0. The molecular weight excluding hydrogens is 227 g/mol. The van der Waals surface area contributed by atoms with Crippen LogP contribution in [0.15, 0.2) is 24.3 Å². The van der Waals surface area contributed by atoms with Gasteiger partial charge in [0.2, 0.25) is 0 Å². The van der Waals surface area contributed by atoms with Gasteiger partial charge in [0.05, 0.1) is 6.04 Å². The Bertz CT molecular complexity index is 309. The van der Waals surface area contributed by atoms with Gasteiger partial charge in [-0.1, -0.05) is 12.1 Å². The number of alkyl halides is 1. The predicted molar refractivity (Wildman–Crippen MR) is 68.0 cm³/mol. The molecular formula is C12H18ClFN2. The van der Waals surface area contributed by atoms with Crippen molar-refractivity contribution in [1.29, 1.82) is 0 Å². The highest BCUT2D eigenvalue weighted by Crippen LogP contribution is 2.22. The highest BCUT2D eigenvalue weighted by molar-refractivity contribution is 5.85. The fourth-order valence-electron chi connectivity index (χ4n) is 2.00. The molecule has 1 aliphatic rings. The maximum atomic E-state index is 12.3. The topological polar surface area (TPSA) is 29.3 Å². The molecule has 1 heterocycles. The van der Waals surface area contributed by atoms with Crippen LogP contribution in [0.1, 0.15) is 24.4 Å². The van der Waals surface area contributed by atoms with Crippen molar-refractivity contribution in [3.05, 3.63) is 29.8 Å². The minimum Gasteiger partial charge on any atom is -0.372 e. The van der Waals surface area contributed by atoms with E-state index in [1.54, 1.807) is 0 Å². The molecule has 1 atom stereocenters. The van der Waals surface area contributed by atoms with E-state index in [1.807, 2.05) is 24.3 Å². The van der Waals surface area contributed by atoms with E-state index in [1.165, 1.54) is 18.5 Å². The maximum absolute atomic E-state index is 12.3. The first kappa shape index (κ1) is 13.3. The molecule has 0 aliphatic carbocycles. The molecule has 0 aromatic heterocycles. The summed E-state index contributed by atoms with van der Waals surface area (Å²) in [7, 11) is 0. The Kier molecular flexibility index (Phi) is 5.03. The lowest BCUT2D eigenvalue weighted by Gasteiger charge is -2.18. The summed E-state index contributed by atoms with van der Waals surface area (Å²) in [6.07, 6.45) is 2.54. The average Bonchev–Trinajstić information content (AvgIpc) is 2.82. The summed E-state index contributed by atoms with van der Waals surface area (Å²) < 4.78 is 12.3. The summed E-state index contributed by atoms with van der Waals surface area (Å²) in [5.41, 5.74) is 7.71. The van der Waals surface area contributed by atoms with Crippen molar-refractivity contribution in [2.45, 2.75) is 18.9 Å². The van der Waals surface area contributed by atoms with Crippen LogP contribution in [0.2, 0.25) is 0 Å². The minimum absolute atomic E-state index is 0. The van der Waals surface area contributed by atoms with E-state index in [2.05, 4.69) is 4.90 Å². The molecule has 0 spiro atoms. The monoisotopic (exact) mass is 244 g/mol. The van der Waals surface area contributed by atoms with E-state index in [4.69, 9.17) is 5.73 Å². The van der Waals surface area contributed by atoms with Crippen LogP contribution < -0.4 is 10.6 Å². The van der Waals surface area contributed by atoms with Crippen molar-refractivity contribution in [3.8, 4) is 0 Å². The van der Waals surface area contributed by atoms with Gasteiger partial charge in [-0.2, -0.15) is 0 Å². The summed E-state index contributed by atoms with van der Waals surface area (Å²) >= 11 is 0. The molecule has 0 bridgehead atoms. The molecule has 4 heteroatoms. The molecule has 1 saturated heterocycles. The first-order chi connectivity index (χ1) is 7.31. The Hall–Kier alpha value is -0.800. The third-order valence-corrected chi connectivity index (χ3v) is 2.96. The van der Waals surface area contributed by atoms with E-state index in [-0.39, 0.29) is 12.4 Å². The molecule has 1 aromatic carbocycles. The van der Waals surface area contributed by atoms with Crippen LogP contribution in [-0.2, 0) is 0 Å².